The molecule has 5 nitrogen and oxygen atoms in total. The van der Waals surface area contributed by atoms with Gasteiger partial charge in [0.1, 0.15) is 5.82 Å². The molecule has 1 aliphatic rings. The van der Waals surface area contributed by atoms with E-state index in [2.05, 4.69) is 50.4 Å². The number of nitrogens with zero attached hydrogens (tertiary/aromatic N) is 3. The number of carbonyl (C=O) groups excluding carboxylic acids is 1. The van der Waals surface area contributed by atoms with E-state index in [1.807, 2.05) is 32.2 Å². The zero-order valence-electron chi connectivity index (χ0n) is 15.7. The largest absolute Gasteiger partial charge is 0.368 e. The average Bonchev–Trinajstić information content (AvgIpc) is 2.70. The Morgan fingerprint density at radius 2 is 1.58 bits per heavy atom. The van der Waals surface area contributed by atoms with Crippen molar-refractivity contribution >= 4 is 23.1 Å². The van der Waals surface area contributed by atoms with Gasteiger partial charge >= 0.3 is 0 Å². The monoisotopic (exact) mass is 352 g/mol. The predicted molar refractivity (Wildman–Crippen MR) is 108 cm³/mol. The minimum Gasteiger partial charge on any atom is -0.368 e. The summed E-state index contributed by atoms with van der Waals surface area (Å²) in [5.41, 5.74) is 2.39. The zero-order chi connectivity index (χ0) is 18.4. The molecule has 0 atom stereocenters. The molecule has 3 rings (SSSR count). The van der Waals surface area contributed by atoms with Crippen LogP contribution < -0.4 is 15.1 Å². The first-order valence-corrected chi connectivity index (χ1v) is 9.53. The van der Waals surface area contributed by atoms with Gasteiger partial charge in [-0.1, -0.05) is 32.0 Å². The lowest BCUT2D eigenvalue weighted by atomic mass is 10.0. The number of rotatable bonds is 6. The first kappa shape index (κ1) is 18.2. The Morgan fingerprint density at radius 3 is 2.12 bits per heavy atom. The molecule has 1 fully saturated rings. The third-order valence-corrected chi connectivity index (χ3v) is 5.12. The molecule has 1 amide bonds. The van der Waals surface area contributed by atoms with E-state index in [0.29, 0.717) is 5.82 Å². The maximum Gasteiger partial charge on any atom is 0.228 e. The highest BCUT2D eigenvalue weighted by Crippen LogP contribution is 2.21. The van der Waals surface area contributed by atoms with Crippen molar-refractivity contribution in [2.45, 2.75) is 26.7 Å². The van der Waals surface area contributed by atoms with Crippen LogP contribution in [-0.2, 0) is 4.79 Å². The molecule has 1 N–H and O–H groups in total. The number of carbonyl (C=O) groups is 1. The highest BCUT2D eigenvalue weighted by atomic mass is 16.1. The molecule has 138 valence electrons. The van der Waals surface area contributed by atoms with E-state index in [0.717, 1.165) is 44.7 Å². The number of piperazine rings is 1. The van der Waals surface area contributed by atoms with Gasteiger partial charge in [0.15, 0.2) is 0 Å². The summed E-state index contributed by atoms with van der Waals surface area (Å²) in [7, 11) is 0. The van der Waals surface area contributed by atoms with Crippen molar-refractivity contribution < 1.29 is 4.79 Å². The summed E-state index contributed by atoms with van der Waals surface area (Å²) in [4.78, 5) is 21.4. The number of nitrogens with one attached hydrogen (secondary N) is 1. The highest BCUT2D eigenvalue weighted by molar-refractivity contribution is 5.91. The van der Waals surface area contributed by atoms with E-state index in [1.54, 1.807) is 0 Å². The summed E-state index contributed by atoms with van der Waals surface area (Å²) in [6.45, 7) is 8.01. The molecule has 5 heteroatoms. The lowest BCUT2D eigenvalue weighted by molar-refractivity contribution is -0.120. The Hall–Kier alpha value is -2.56. The normalized spacial score (nSPS) is 14.6. The molecule has 2 aromatic rings. The Labute approximate surface area is 156 Å². The molecule has 1 aliphatic heterocycles. The van der Waals surface area contributed by atoms with Crippen LogP contribution in [0.15, 0.2) is 48.7 Å². The second-order valence-electron chi connectivity index (χ2n) is 6.71. The molecule has 1 aromatic carbocycles. The molecule has 1 aromatic heterocycles. The third kappa shape index (κ3) is 4.34. The third-order valence-electron chi connectivity index (χ3n) is 5.12. The number of hydrogen-bond donors (Lipinski definition) is 1. The molecule has 1 saturated heterocycles. The molecular weight excluding hydrogens is 324 g/mol. The summed E-state index contributed by atoms with van der Waals surface area (Å²) < 4.78 is 0. The van der Waals surface area contributed by atoms with Gasteiger partial charge < -0.3 is 15.1 Å². The van der Waals surface area contributed by atoms with Crippen LogP contribution in [0.2, 0.25) is 0 Å². The van der Waals surface area contributed by atoms with Gasteiger partial charge in [-0.15, -0.1) is 0 Å². The summed E-state index contributed by atoms with van der Waals surface area (Å²) in [5.74, 6) is 0.753. The highest BCUT2D eigenvalue weighted by Gasteiger charge is 2.18. The van der Waals surface area contributed by atoms with Gasteiger partial charge in [0.25, 0.3) is 0 Å². The summed E-state index contributed by atoms with van der Waals surface area (Å²) in [5, 5.41) is 2.93. The molecule has 0 unspecified atom stereocenters. The minimum absolute atomic E-state index is 0.0579. The van der Waals surface area contributed by atoms with Crippen LogP contribution in [0.3, 0.4) is 0 Å². The Morgan fingerprint density at radius 1 is 0.962 bits per heavy atom. The van der Waals surface area contributed by atoms with Gasteiger partial charge in [0.2, 0.25) is 5.91 Å². The Bertz CT molecular complexity index is 690. The second kappa shape index (κ2) is 8.70. The number of amides is 1. The van der Waals surface area contributed by atoms with E-state index in [-0.39, 0.29) is 11.8 Å². The van der Waals surface area contributed by atoms with Gasteiger partial charge in [0.05, 0.1) is 11.9 Å². The molecule has 26 heavy (non-hydrogen) atoms. The van der Waals surface area contributed by atoms with E-state index in [1.165, 1.54) is 5.69 Å². The van der Waals surface area contributed by atoms with Crippen molar-refractivity contribution in [1.82, 2.24) is 4.98 Å². The summed E-state index contributed by atoms with van der Waals surface area (Å²) in [6.07, 6.45) is 3.57. The fourth-order valence-corrected chi connectivity index (χ4v) is 3.40. The van der Waals surface area contributed by atoms with E-state index in [4.69, 9.17) is 0 Å². The number of anilines is 3. The van der Waals surface area contributed by atoms with Crippen LogP contribution in [0.4, 0.5) is 17.2 Å². The molecule has 0 spiro atoms. The lowest BCUT2D eigenvalue weighted by Crippen LogP contribution is -2.46. The van der Waals surface area contributed by atoms with Crippen molar-refractivity contribution in [3.63, 3.8) is 0 Å². The molecule has 0 aliphatic carbocycles. The van der Waals surface area contributed by atoms with Crippen LogP contribution in [0, 0.1) is 5.92 Å². The van der Waals surface area contributed by atoms with Crippen molar-refractivity contribution in [3.05, 3.63) is 48.7 Å². The van der Waals surface area contributed by atoms with Crippen molar-refractivity contribution in [1.29, 1.82) is 0 Å². The Kier molecular flexibility index (Phi) is 6.10. The maximum absolute atomic E-state index is 12.2. The van der Waals surface area contributed by atoms with Crippen molar-refractivity contribution in [2.75, 3.05) is 41.3 Å². The van der Waals surface area contributed by atoms with Crippen LogP contribution in [0.25, 0.3) is 0 Å². The fourth-order valence-electron chi connectivity index (χ4n) is 3.40. The quantitative estimate of drug-likeness (QED) is 0.859. The fraction of sp³-hybridized carbons (Fsp3) is 0.429. The number of pyridine rings is 1. The zero-order valence-corrected chi connectivity index (χ0v) is 15.7. The number of hydrogen-bond acceptors (Lipinski definition) is 4. The SMILES string of the molecule is CCC(CC)C(=O)Nc1ccc(N2CCN(c3ccccc3)CC2)cn1. The standard InChI is InChI=1S/C21H28N4O/c1-3-17(4-2)21(26)23-20-11-10-19(16-22-20)25-14-12-24(13-15-25)18-8-6-5-7-9-18/h5-11,16-17H,3-4,12-15H2,1-2H3,(H,22,23,26). The van der Waals surface area contributed by atoms with Crippen molar-refractivity contribution in [2.24, 2.45) is 5.92 Å². The van der Waals surface area contributed by atoms with Gasteiger partial charge in [0, 0.05) is 37.8 Å². The van der Waals surface area contributed by atoms with E-state index in [9.17, 15) is 4.79 Å². The topological polar surface area (TPSA) is 48.5 Å². The lowest BCUT2D eigenvalue weighted by Gasteiger charge is -2.37. The summed E-state index contributed by atoms with van der Waals surface area (Å²) in [6, 6.07) is 14.5. The molecular formula is C21H28N4O. The molecule has 0 radical (unpaired) electrons. The maximum atomic E-state index is 12.2. The van der Waals surface area contributed by atoms with Gasteiger partial charge in [-0.2, -0.15) is 0 Å². The van der Waals surface area contributed by atoms with Gasteiger partial charge in [-0.3, -0.25) is 4.79 Å². The van der Waals surface area contributed by atoms with Crippen LogP contribution in [0.5, 0.6) is 0 Å². The molecule has 2 heterocycles. The van der Waals surface area contributed by atoms with E-state index < -0.39 is 0 Å². The second-order valence-corrected chi connectivity index (χ2v) is 6.71. The molecule has 0 saturated carbocycles. The van der Waals surface area contributed by atoms with E-state index >= 15 is 0 Å². The van der Waals surface area contributed by atoms with Gasteiger partial charge in [-0.05, 0) is 37.1 Å². The minimum atomic E-state index is 0.0579. The first-order chi connectivity index (χ1) is 12.7. The van der Waals surface area contributed by atoms with Gasteiger partial charge in [-0.25, -0.2) is 4.98 Å². The summed E-state index contributed by atoms with van der Waals surface area (Å²) >= 11 is 0. The Balaban J connectivity index is 1.55. The smallest absolute Gasteiger partial charge is 0.228 e. The number of aromatic nitrogens is 1. The van der Waals surface area contributed by atoms with Crippen molar-refractivity contribution in [3.8, 4) is 0 Å². The van der Waals surface area contributed by atoms with Crippen LogP contribution >= 0.6 is 0 Å². The van der Waals surface area contributed by atoms with Crippen LogP contribution in [0.1, 0.15) is 26.7 Å². The predicted octanol–water partition coefficient (Wildman–Crippen LogP) is 3.78. The number of para-hydroxylation sites is 1. The molecule has 0 bridgehead atoms. The van der Waals surface area contributed by atoms with Crippen LogP contribution in [-0.4, -0.2) is 37.1 Å². The first-order valence-electron chi connectivity index (χ1n) is 9.53. The average molecular weight is 352 g/mol. The number of benzene rings is 1.